The van der Waals surface area contributed by atoms with Crippen LogP contribution in [0, 0.1) is 5.92 Å². The molecule has 2 rings (SSSR count). The van der Waals surface area contributed by atoms with Gasteiger partial charge in [-0.2, -0.15) is 0 Å². The Hall–Kier alpha value is -1.88. The molecule has 1 aliphatic rings. The molecule has 144 valence electrons. The molecule has 0 spiro atoms. The number of hydrogen-bond acceptors (Lipinski definition) is 5. The number of ether oxygens (including phenoxy) is 3. The van der Waals surface area contributed by atoms with Gasteiger partial charge in [-0.05, 0) is 52.0 Å². The summed E-state index contributed by atoms with van der Waals surface area (Å²) in [5, 5.41) is 0. The van der Waals surface area contributed by atoms with Gasteiger partial charge in [0, 0.05) is 0 Å². The van der Waals surface area contributed by atoms with Crippen LogP contribution >= 0.6 is 0 Å². The molecule has 0 N–H and O–H groups in total. The highest BCUT2D eigenvalue weighted by molar-refractivity contribution is 5.80. The van der Waals surface area contributed by atoms with Crippen molar-refractivity contribution in [2.24, 2.45) is 5.92 Å². The summed E-state index contributed by atoms with van der Waals surface area (Å²) in [6, 6.07) is 9.47. The lowest BCUT2D eigenvalue weighted by Gasteiger charge is -2.24. The lowest BCUT2D eigenvalue weighted by atomic mass is 10.1. The topological polar surface area (TPSA) is 61.8 Å². The van der Waals surface area contributed by atoms with E-state index in [4.69, 9.17) is 14.2 Å². The molecule has 1 saturated carbocycles. The van der Waals surface area contributed by atoms with Crippen molar-refractivity contribution >= 4 is 11.9 Å². The fourth-order valence-corrected chi connectivity index (χ4v) is 2.83. The number of esters is 2. The number of rotatable bonds is 8. The Balaban J connectivity index is 1.88. The van der Waals surface area contributed by atoms with Crippen molar-refractivity contribution in [1.29, 1.82) is 0 Å². The second-order valence-corrected chi connectivity index (χ2v) is 7.81. The summed E-state index contributed by atoms with van der Waals surface area (Å²) in [7, 11) is 0. The molecular weight excluding hydrogens is 332 g/mol. The van der Waals surface area contributed by atoms with E-state index < -0.39 is 11.9 Å². The average Bonchev–Trinajstić information content (AvgIpc) is 3.09. The van der Waals surface area contributed by atoms with Crippen molar-refractivity contribution in [3.8, 4) is 0 Å². The second-order valence-electron chi connectivity index (χ2n) is 7.81. The molecule has 0 aromatic heterocycles. The summed E-state index contributed by atoms with van der Waals surface area (Å²) < 4.78 is 16.6. The van der Waals surface area contributed by atoms with Gasteiger partial charge in [-0.15, -0.1) is 0 Å². The number of carbonyl (C=O) groups excluding carboxylic acids is 2. The van der Waals surface area contributed by atoms with E-state index in [0.29, 0.717) is 0 Å². The summed E-state index contributed by atoms with van der Waals surface area (Å²) in [6.07, 6.45) is 3.91. The maximum atomic E-state index is 12.5. The Bertz CT molecular complexity index is 570. The third-order valence-corrected chi connectivity index (χ3v) is 4.29. The first-order chi connectivity index (χ1) is 12.3. The molecule has 1 aliphatic carbocycles. The molecule has 5 heteroatoms. The Morgan fingerprint density at radius 1 is 1.12 bits per heavy atom. The van der Waals surface area contributed by atoms with Crippen LogP contribution in [0.3, 0.4) is 0 Å². The van der Waals surface area contributed by atoms with Gasteiger partial charge in [-0.3, -0.25) is 9.59 Å². The van der Waals surface area contributed by atoms with Gasteiger partial charge in [0.25, 0.3) is 0 Å². The van der Waals surface area contributed by atoms with Crippen LogP contribution in [-0.4, -0.2) is 30.3 Å². The third kappa shape index (κ3) is 7.56. The van der Waals surface area contributed by atoms with Crippen LogP contribution in [-0.2, 0) is 30.4 Å². The molecule has 0 amide bonds. The van der Waals surface area contributed by atoms with Crippen LogP contribution in [0.1, 0.15) is 58.4 Å². The Labute approximate surface area is 156 Å². The van der Waals surface area contributed by atoms with Crippen LogP contribution in [0.4, 0.5) is 0 Å². The summed E-state index contributed by atoms with van der Waals surface area (Å²) in [4.78, 5) is 24.7. The highest BCUT2D eigenvalue weighted by Crippen LogP contribution is 2.23. The zero-order valence-electron chi connectivity index (χ0n) is 16.0. The van der Waals surface area contributed by atoms with Crippen LogP contribution in [0.5, 0.6) is 0 Å². The van der Waals surface area contributed by atoms with Crippen molar-refractivity contribution in [2.45, 2.75) is 71.2 Å². The zero-order chi connectivity index (χ0) is 19.0. The fraction of sp³-hybridized carbons (Fsp3) is 0.619. The summed E-state index contributed by atoms with van der Waals surface area (Å²) >= 11 is 0. The normalized spacial score (nSPS) is 16.3. The largest absolute Gasteiger partial charge is 0.462 e. The zero-order valence-corrected chi connectivity index (χ0v) is 16.0. The van der Waals surface area contributed by atoms with E-state index in [1.54, 1.807) is 0 Å². The molecule has 26 heavy (non-hydrogen) atoms. The highest BCUT2D eigenvalue weighted by Gasteiger charge is 2.29. The first-order valence-electron chi connectivity index (χ1n) is 9.37. The van der Waals surface area contributed by atoms with Gasteiger partial charge < -0.3 is 14.2 Å². The summed E-state index contributed by atoms with van der Waals surface area (Å²) in [5.74, 6) is -1.42. The minimum absolute atomic E-state index is 0.0278. The molecule has 1 aromatic rings. The maximum Gasteiger partial charge on any atom is 0.312 e. The van der Waals surface area contributed by atoms with Crippen LogP contribution < -0.4 is 0 Å². The Morgan fingerprint density at radius 2 is 1.77 bits per heavy atom. The summed E-state index contributed by atoms with van der Waals surface area (Å²) in [5.41, 5.74) is 0.525. The Morgan fingerprint density at radius 3 is 2.38 bits per heavy atom. The lowest BCUT2D eigenvalue weighted by Crippen LogP contribution is -2.32. The van der Waals surface area contributed by atoms with E-state index in [-0.39, 0.29) is 37.3 Å². The van der Waals surface area contributed by atoms with Crippen molar-refractivity contribution in [1.82, 2.24) is 0 Å². The quantitative estimate of drug-likeness (QED) is 0.653. The average molecular weight is 362 g/mol. The van der Waals surface area contributed by atoms with E-state index in [0.717, 1.165) is 31.2 Å². The minimum atomic E-state index is -0.641. The lowest BCUT2D eigenvalue weighted by molar-refractivity contribution is -0.163. The molecule has 5 nitrogen and oxygen atoms in total. The minimum Gasteiger partial charge on any atom is -0.462 e. The van der Waals surface area contributed by atoms with E-state index in [2.05, 4.69) is 0 Å². The van der Waals surface area contributed by atoms with Crippen molar-refractivity contribution < 1.29 is 23.8 Å². The SMILES string of the molecule is CC(C)(C)OC[C@H](CC(=O)OCc1ccccc1)C(=O)OC1CCCC1. The van der Waals surface area contributed by atoms with Crippen LogP contribution in [0.25, 0.3) is 0 Å². The molecule has 0 heterocycles. The van der Waals surface area contributed by atoms with Crippen molar-refractivity contribution in [3.05, 3.63) is 35.9 Å². The molecule has 0 saturated heterocycles. The predicted octanol–water partition coefficient (Wildman–Crippen LogP) is 4.04. The number of carbonyl (C=O) groups is 2. The third-order valence-electron chi connectivity index (χ3n) is 4.29. The van der Waals surface area contributed by atoms with Gasteiger partial charge in [0.1, 0.15) is 12.7 Å². The maximum absolute atomic E-state index is 12.5. The molecular formula is C21H30O5. The monoisotopic (exact) mass is 362 g/mol. The molecule has 0 aliphatic heterocycles. The summed E-state index contributed by atoms with van der Waals surface area (Å²) in [6.45, 7) is 6.10. The molecule has 0 unspecified atom stereocenters. The number of hydrogen-bond donors (Lipinski definition) is 0. The first-order valence-corrected chi connectivity index (χ1v) is 9.37. The van der Waals surface area contributed by atoms with Gasteiger partial charge in [-0.1, -0.05) is 30.3 Å². The van der Waals surface area contributed by atoms with E-state index in [1.165, 1.54) is 0 Å². The van der Waals surface area contributed by atoms with Gasteiger partial charge in [0.15, 0.2) is 0 Å². The first kappa shape index (κ1) is 20.4. The molecule has 0 bridgehead atoms. The van der Waals surface area contributed by atoms with E-state index >= 15 is 0 Å². The van der Waals surface area contributed by atoms with E-state index in [1.807, 2.05) is 51.1 Å². The predicted molar refractivity (Wildman–Crippen MR) is 98.4 cm³/mol. The van der Waals surface area contributed by atoms with Gasteiger partial charge in [0.2, 0.25) is 0 Å². The number of benzene rings is 1. The van der Waals surface area contributed by atoms with Crippen molar-refractivity contribution in [3.63, 3.8) is 0 Å². The van der Waals surface area contributed by atoms with Crippen molar-refractivity contribution in [2.75, 3.05) is 6.61 Å². The van der Waals surface area contributed by atoms with Crippen LogP contribution in [0.2, 0.25) is 0 Å². The van der Waals surface area contributed by atoms with Gasteiger partial charge in [0.05, 0.1) is 24.5 Å². The highest BCUT2D eigenvalue weighted by atomic mass is 16.6. The molecule has 1 aromatic carbocycles. The smallest absolute Gasteiger partial charge is 0.312 e. The van der Waals surface area contributed by atoms with E-state index in [9.17, 15) is 9.59 Å². The molecule has 1 atom stereocenters. The van der Waals surface area contributed by atoms with Crippen LogP contribution in [0.15, 0.2) is 30.3 Å². The standard InChI is InChI=1S/C21H30O5/c1-21(2,3)25-15-17(20(23)26-18-11-7-8-12-18)13-19(22)24-14-16-9-5-4-6-10-16/h4-6,9-10,17-18H,7-8,11-15H2,1-3H3/t17-/m0/s1. The molecule has 1 fully saturated rings. The Kier molecular flexibility index (Phi) is 7.64. The van der Waals surface area contributed by atoms with Gasteiger partial charge in [-0.25, -0.2) is 0 Å². The fourth-order valence-electron chi connectivity index (χ4n) is 2.83. The van der Waals surface area contributed by atoms with Gasteiger partial charge >= 0.3 is 11.9 Å². The molecule has 0 radical (unpaired) electrons. The second kappa shape index (κ2) is 9.72.